The highest BCUT2D eigenvalue weighted by molar-refractivity contribution is 5.79. The molecule has 0 aromatic rings. The Bertz CT molecular complexity index is 184. The van der Waals surface area contributed by atoms with Crippen molar-refractivity contribution in [2.75, 3.05) is 26.8 Å². The molecule has 0 amide bonds. The van der Waals surface area contributed by atoms with Crippen LogP contribution >= 0.6 is 0 Å². The number of methoxy groups -OCH3 is 1. The lowest BCUT2D eigenvalue weighted by Crippen LogP contribution is -2.50. The van der Waals surface area contributed by atoms with Crippen LogP contribution in [0.2, 0.25) is 0 Å². The monoisotopic (exact) mass is 216 g/mol. The van der Waals surface area contributed by atoms with Crippen LogP contribution in [0.5, 0.6) is 0 Å². The summed E-state index contributed by atoms with van der Waals surface area (Å²) in [6, 6.07) is 0.270. The normalized spacial score (nSPS) is 13.8. The third kappa shape index (κ3) is 4.99. The second-order valence-corrected chi connectivity index (χ2v) is 3.44. The van der Waals surface area contributed by atoms with Gasteiger partial charge in [-0.05, 0) is 20.3 Å². The number of rotatable bonds is 6. The Kier molecular flexibility index (Phi) is 8.04. The van der Waals surface area contributed by atoms with Crippen molar-refractivity contribution in [3.63, 3.8) is 0 Å². The summed E-state index contributed by atoms with van der Waals surface area (Å²) in [6.07, 6.45) is 1.02. The zero-order valence-electron chi connectivity index (χ0n) is 10.3. The third-order valence-corrected chi connectivity index (χ3v) is 2.17. The van der Waals surface area contributed by atoms with Crippen molar-refractivity contribution >= 4 is 5.96 Å². The molecule has 1 atom stereocenters. The summed E-state index contributed by atoms with van der Waals surface area (Å²) in [4.78, 5) is 6.48. The largest absolute Gasteiger partial charge is 0.383 e. The van der Waals surface area contributed by atoms with E-state index in [1.165, 1.54) is 0 Å². The van der Waals surface area contributed by atoms with Crippen LogP contribution < -0.4 is 11.3 Å². The lowest BCUT2D eigenvalue weighted by molar-refractivity contribution is 0.136. The molecule has 3 N–H and O–H groups in total. The summed E-state index contributed by atoms with van der Waals surface area (Å²) in [5, 5.41) is 0. The molecule has 5 heteroatoms. The van der Waals surface area contributed by atoms with Crippen molar-refractivity contribution in [1.29, 1.82) is 0 Å². The Hall–Kier alpha value is -0.810. The quantitative estimate of drug-likeness (QED) is 0.295. The minimum Gasteiger partial charge on any atom is -0.383 e. The van der Waals surface area contributed by atoms with Crippen molar-refractivity contribution < 1.29 is 4.74 Å². The molecule has 15 heavy (non-hydrogen) atoms. The zero-order valence-corrected chi connectivity index (χ0v) is 10.3. The highest BCUT2D eigenvalue weighted by atomic mass is 16.5. The molecule has 0 aliphatic heterocycles. The molecule has 0 bridgehead atoms. The lowest BCUT2D eigenvalue weighted by atomic mass is 10.3. The van der Waals surface area contributed by atoms with E-state index in [0.29, 0.717) is 6.61 Å². The van der Waals surface area contributed by atoms with E-state index < -0.39 is 0 Å². The Labute approximate surface area is 92.7 Å². The number of nitrogens with two attached hydrogens (primary N) is 1. The average molecular weight is 216 g/mol. The second kappa shape index (κ2) is 8.49. The predicted molar refractivity (Wildman–Crippen MR) is 63.6 cm³/mol. The number of hydrogen-bond donors (Lipinski definition) is 2. The van der Waals surface area contributed by atoms with Crippen LogP contribution in [-0.2, 0) is 4.74 Å². The van der Waals surface area contributed by atoms with Gasteiger partial charge in [0.2, 0.25) is 5.96 Å². The molecule has 0 aromatic heterocycles. The van der Waals surface area contributed by atoms with Crippen LogP contribution in [0.3, 0.4) is 0 Å². The first-order valence-corrected chi connectivity index (χ1v) is 5.47. The summed E-state index contributed by atoms with van der Waals surface area (Å²) < 4.78 is 5.12. The number of nitrogens with one attached hydrogen (secondary N) is 1. The molecule has 0 aromatic carbocycles. The molecule has 0 aliphatic rings. The summed E-state index contributed by atoms with van der Waals surface area (Å²) >= 11 is 0. The van der Waals surface area contributed by atoms with Gasteiger partial charge in [0, 0.05) is 20.2 Å². The predicted octanol–water partition coefficient (Wildman–Crippen LogP) is 0.573. The molecule has 0 heterocycles. The van der Waals surface area contributed by atoms with Crippen molar-refractivity contribution in [2.45, 2.75) is 33.2 Å². The molecule has 0 saturated carbocycles. The van der Waals surface area contributed by atoms with Gasteiger partial charge in [-0.1, -0.05) is 6.92 Å². The van der Waals surface area contributed by atoms with Crippen molar-refractivity contribution in [1.82, 2.24) is 10.3 Å². The number of likely N-dealkylation sites (N-methyl/N-ethyl adjacent to an activating group) is 1. The number of aliphatic imine (C=N–C) groups is 1. The molecule has 5 nitrogen and oxygen atoms in total. The van der Waals surface area contributed by atoms with E-state index in [2.05, 4.69) is 36.1 Å². The molecule has 0 spiro atoms. The van der Waals surface area contributed by atoms with E-state index in [0.717, 1.165) is 25.5 Å². The number of hydrazine groups is 1. The van der Waals surface area contributed by atoms with E-state index in [-0.39, 0.29) is 6.04 Å². The first kappa shape index (κ1) is 14.2. The van der Waals surface area contributed by atoms with Gasteiger partial charge >= 0.3 is 0 Å². The maximum Gasteiger partial charge on any atom is 0.208 e. The highest BCUT2D eigenvalue weighted by Gasteiger charge is 2.15. The van der Waals surface area contributed by atoms with E-state index in [1.807, 2.05) is 0 Å². The van der Waals surface area contributed by atoms with Gasteiger partial charge in [0.15, 0.2) is 0 Å². The zero-order chi connectivity index (χ0) is 11.7. The fraction of sp³-hybridized carbons (Fsp3) is 0.900. The Morgan fingerprint density at radius 2 is 2.20 bits per heavy atom. The maximum absolute atomic E-state index is 5.46. The Morgan fingerprint density at radius 1 is 1.53 bits per heavy atom. The number of nitrogens with zero attached hydrogens (tertiary/aromatic N) is 2. The minimum atomic E-state index is 0.270. The molecular weight excluding hydrogens is 192 g/mol. The first-order valence-electron chi connectivity index (χ1n) is 5.47. The second-order valence-electron chi connectivity index (χ2n) is 3.44. The topological polar surface area (TPSA) is 62.9 Å². The SMILES string of the molecule is CCCN=C(NN)N(CC)C(C)COC. The van der Waals surface area contributed by atoms with Gasteiger partial charge in [-0.2, -0.15) is 0 Å². The van der Waals surface area contributed by atoms with Gasteiger partial charge in [-0.25, -0.2) is 5.84 Å². The Morgan fingerprint density at radius 3 is 2.60 bits per heavy atom. The van der Waals surface area contributed by atoms with Crippen LogP contribution in [0.4, 0.5) is 0 Å². The summed E-state index contributed by atoms with van der Waals surface area (Å²) in [7, 11) is 1.70. The number of hydrogen-bond acceptors (Lipinski definition) is 3. The van der Waals surface area contributed by atoms with Gasteiger partial charge in [-0.15, -0.1) is 0 Å². The van der Waals surface area contributed by atoms with Crippen LogP contribution in [-0.4, -0.2) is 43.7 Å². The molecule has 1 unspecified atom stereocenters. The molecule has 0 fully saturated rings. The summed E-state index contributed by atoms with van der Waals surface area (Å²) in [5.74, 6) is 6.20. The molecular formula is C10H24N4O. The van der Waals surface area contributed by atoms with Gasteiger partial charge in [0.25, 0.3) is 0 Å². The molecule has 0 saturated heterocycles. The third-order valence-electron chi connectivity index (χ3n) is 2.17. The fourth-order valence-electron chi connectivity index (χ4n) is 1.44. The Balaban J connectivity index is 4.45. The maximum atomic E-state index is 5.46. The van der Waals surface area contributed by atoms with E-state index in [4.69, 9.17) is 10.6 Å². The standard InChI is InChI=1S/C10H24N4O/c1-5-7-12-10(13-11)14(6-2)9(3)8-15-4/h9H,5-8,11H2,1-4H3,(H,12,13). The first-order chi connectivity index (χ1) is 7.21. The van der Waals surface area contributed by atoms with Crippen LogP contribution in [0.15, 0.2) is 4.99 Å². The molecule has 0 radical (unpaired) electrons. The van der Waals surface area contributed by atoms with Gasteiger partial charge in [0.1, 0.15) is 0 Å². The fourth-order valence-corrected chi connectivity index (χ4v) is 1.44. The average Bonchev–Trinajstić information content (AvgIpc) is 2.24. The highest BCUT2D eigenvalue weighted by Crippen LogP contribution is 2.00. The van der Waals surface area contributed by atoms with E-state index in [9.17, 15) is 0 Å². The number of guanidine groups is 1. The summed E-state index contributed by atoms with van der Waals surface area (Å²) in [5.41, 5.74) is 2.65. The van der Waals surface area contributed by atoms with Crippen molar-refractivity contribution in [3.05, 3.63) is 0 Å². The van der Waals surface area contributed by atoms with Gasteiger partial charge in [-0.3, -0.25) is 10.4 Å². The molecule has 0 rings (SSSR count). The number of ether oxygens (including phenoxy) is 1. The van der Waals surface area contributed by atoms with Gasteiger partial charge in [0.05, 0.1) is 12.6 Å². The minimum absolute atomic E-state index is 0.270. The molecule has 0 aliphatic carbocycles. The lowest BCUT2D eigenvalue weighted by Gasteiger charge is -2.30. The smallest absolute Gasteiger partial charge is 0.208 e. The summed E-state index contributed by atoms with van der Waals surface area (Å²) in [6.45, 7) is 8.57. The van der Waals surface area contributed by atoms with Crippen molar-refractivity contribution in [3.8, 4) is 0 Å². The van der Waals surface area contributed by atoms with Crippen LogP contribution in [0.1, 0.15) is 27.2 Å². The molecule has 90 valence electrons. The van der Waals surface area contributed by atoms with Gasteiger partial charge < -0.3 is 9.64 Å². The van der Waals surface area contributed by atoms with E-state index >= 15 is 0 Å². The van der Waals surface area contributed by atoms with E-state index in [1.54, 1.807) is 7.11 Å². The van der Waals surface area contributed by atoms with Crippen LogP contribution in [0, 0.1) is 0 Å². The van der Waals surface area contributed by atoms with Crippen LogP contribution in [0.25, 0.3) is 0 Å². The van der Waals surface area contributed by atoms with Crippen molar-refractivity contribution in [2.24, 2.45) is 10.8 Å².